The molecule has 1 atom stereocenters. The van der Waals surface area contributed by atoms with Crippen LogP contribution in [0.25, 0.3) is 0 Å². The molecule has 1 unspecified atom stereocenters. The van der Waals surface area contributed by atoms with Gasteiger partial charge in [0.1, 0.15) is 5.75 Å². The lowest BCUT2D eigenvalue weighted by Crippen LogP contribution is -2.50. The maximum Gasteiger partial charge on any atom is 0.422 e. The number of benzene rings is 2. The third kappa shape index (κ3) is 4.90. The highest BCUT2D eigenvalue weighted by atomic mass is 19.4. The number of hydrogen-bond acceptors (Lipinski definition) is 4. The Kier molecular flexibility index (Phi) is 6.62. The van der Waals surface area contributed by atoms with Crippen molar-refractivity contribution in [3.8, 4) is 5.75 Å². The third-order valence-electron chi connectivity index (χ3n) is 5.98. The number of aliphatic imine (C=N–C) groups is 1. The largest absolute Gasteiger partial charge is 0.496 e. The first-order valence-corrected chi connectivity index (χ1v) is 10.7. The number of carbonyl (C=O) groups is 1. The van der Waals surface area contributed by atoms with Gasteiger partial charge in [0.05, 0.1) is 19.2 Å². The quantitative estimate of drug-likeness (QED) is 0.521. The van der Waals surface area contributed by atoms with E-state index in [1.165, 1.54) is 13.2 Å². The summed E-state index contributed by atoms with van der Waals surface area (Å²) in [7, 11) is 1.49. The van der Waals surface area contributed by atoms with Crippen molar-refractivity contribution >= 4 is 23.5 Å². The standard InChI is InChI=1S/C25H29F3N2O3/c1-15(2)16-8-6-9-18(22(16)33-5)23(3,4)13-24(32,25(26,27)28)14-29-19-10-7-11-20-17(19)12-21(31)30-20/h6-11,14-15,32H,12-13H2,1-5H3,(H,30,31)/b29-14+. The number of amides is 1. The summed E-state index contributed by atoms with van der Waals surface area (Å²) >= 11 is 0. The molecule has 0 fully saturated rings. The van der Waals surface area contributed by atoms with Crippen molar-refractivity contribution in [2.45, 2.75) is 63.6 Å². The Labute approximate surface area is 191 Å². The first-order chi connectivity index (χ1) is 15.3. The SMILES string of the molecule is COc1c(C(C)C)cccc1C(C)(C)CC(O)(/C=N/c1cccc2c1CC(=O)N2)C(F)(F)F. The minimum absolute atomic E-state index is 0.0258. The molecule has 8 heteroatoms. The molecule has 0 aromatic heterocycles. The highest BCUT2D eigenvalue weighted by Gasteiger charge is 2.55. The molecule has 1 aliphatic heterocycles. The van der Waals surface area contributed by atoms with Gasteiger partial charge >= 0.3 is 6.18 Å². The van der Waals surface area contributed by atoms with Gasteiger partial charge in [-0.25, -0.2) is 0 Å². The fourth-order valence-electron chi connectivity index (χ4n) is 4.29. The molecule has 1 heterocycles. The number of alkyl halides is 3. The van der Waals surface area contributed by atoms with Crippen LogP contribution in [0.1, 0.15) is 56.7 Å². The number of fused-ring (bicyclic) bond motifs is 1. The van der Waals surface area contributed by atoms with Crippen LogP contribution in [0.2, 0.25) is 0 Å². The molecule has 2 N–H and O–H groups in total. The summed E-state index contributed by atoms with van der Waals surface area (Å²) in [6.07, 6.45) is -5.07. The minimum atomic E-state index is -4.97. The molecule has 1 aliphatic rings. The number of carbonyl (C=O) groups excluding carboxylic acids is 1. The lowest BCUT2D eigenvalue weighted by atomic mass is 9.74. The maximum absolute atomic E-state index is 14.1. The van der Waals surface area contributed by atoms with E-state index in [0.717, 1.165) is 5.56 Å². The Hall–Kier alpha value is -2.87. The summed E-state index contributed by atoms with van der Waals surface area (Å²) in [5.74, 6) is 0.372. The first kappa shape index (κ1) is 24.8. The lowest BCUT2D eigenvalue weighted by Gasteiger charge is -2.36. The van der Waals surface area contributed by atoms with E-state index in [-0.39, 0.29) is 23.9 Å². The number of aliphatic hydroxyl groups is 1. The van der Waals surface area contributed by atoms with E-state index >= 15 is 0 Å². The molecule has 2 aromatic carbocycles. The second-order valence-corrected chi connectivity index (χ2v) is 9.35. The highest BCUT2D eigenvalue weighted by Crippen LogP contribution is 2.45. The molecule has 178 valence electrons. The average molecular weight is 463 g/mol. The van der Waals surface area contributed by atoms with E-state index in [4.69, 9.17) is 4.74 Å². The normalized spacial score (nSPS) is 16.1. The summed E-state index contributed by atoms with van der Waals surface area (Å²) < 4.78 is 48.0. The second kappa shape index (κ2) is 8.82. The second-order valence-electron chi connectivity index (χ2n) is 9.35. The van der Waals surface area contributed by atoms with Crippen LogP contribution in [0.3, 0.4) is 0 Å². The number of nitrogens with zero attached hydrogens (tertiary/aromatic N) is 1. The number of halogens is 3. The van der Waals surface area contributed by atoms with E-state index in [2.05, 4.69) is 10.3 Å². The summed E-state index contributed by atoms with van der Waals surface area (Å²) in [5, 5.41) is 13.5. The summed E-state index contributed by atoms with van der Waals surface area (Å²) in [6, 6.07) is 10.2. The summed E-state index contributed by atoms with van der Waals surface area (Å²) in [4.78, 5) is 15.7. The zero-order valence-electron chi connectivity index (χ0n) is 19.4. The molecule has 0 saturated carbocycles. The monoisotopic (exact) mass is 462 g/mol. The van der Waals surface area contributed by atoms with Gasteiger partial charge < -0.3 is 15.2 Å². The van der Waals surface area contributed by atoms with Crippen molar-refractivity contribution in [3.63, 3.8) is 0 Å². The Morgan fingerprint density at radius 2 is 1.85 bits per heavy atom. The number of methoxy groups -OCH3 is 1. The summed E-state index contributed by atoms with van der Waals surface area (Å²) in [5.41, 5.74) is -1.62. The molecule has 0 spiro atoms. The number of para-hydroxylation sites is 1. The Bertz CT molecular complexity index is 1080. The predicted molar refractivity (Wildman–Crippen MR) is 123 cm³/mol. The van der Waals surface area contributed by atoms with Crippen molar-refractivity contribution in [1.29, 1.82) is 0 Å². The van der Waals surface area contributed by atoms with Crippen LogP contribution in [0.4, 0.5) is 24.5 Å². The van der Waals surface area contributed by atoms with Gasteiger partial charge in [-0.2, -0.15) is 13.2 Å². The molecule has 0 bridgehead atoms. The van der Waals surface area contributed by atoms with Crippen molar-refractivity contribution in [2.75, 3.05) is 12.4 Å². The zero-order chi connectivity index (χ0) is 24.6. The van der Waals surface area contributed by atoms with Gasteiger partial charge in [-0.15, -0.1) is 0 Å². The molecule has 0 aliphatic carbocycles. The van der Waals surface area contributed by atoms with Gasteiger partial charge in [-0.1, -0.05) is 52.0 Å². The van der Waals surface area contributed by atoms with Crippen molar-refractivity contribution in [3.05, 3.63) is 53.1 Å². The predicted octanol–water partition coefficient (Wildman–Crippen LogP) is 5.68. The van der Waals surface area contributed by atoms with Crippen LogP contribution in [-0.2, 0) is 16.6 Å². The van der Waals surface area contributed by atoms with Crippen molar-refractivity contribution < 1.29 is 27.8 Å². The van der Waals surface area contributed by atoms with Crippen LogP contribution in [0, 0.1) is 0 Å². The zero-order valence-corrected chi connectivity index (χ0v) is 19.4. The van der Waals surface area contributed by atoms with Gasteiger partial charge in [-0.05, 0) is 35.4 Å². The maximum atomic E-state index is 14.1. The van der Waals surface area contributed by atoms with Crippen LogP contribution in [0.15, 0.2) is 41.4 Å². The Morgan fingerprint density at radius 3 is 2.45 bits per heavy atom. The average Bonchev–Trinajstić information content (AvgIpc) is 3.11. The van der Waals surface area contributed by atoms with Gasteiger partial charge in [0.15, 0.2) is 5.60 Å². The fraction of sp³-hybridized carbons (Fsp3) is 0.440. The highest BCUT2D eigenvalue weighted by molar-refractivity contribution is 6.01. The van der Waals surface area contributed by atoms with E-state index in [9.17, 15) is 23.1 Å². The van der Waals surface area contributed by atoms with Gasteiger partial charge in [0.2, 0.25) is 5.91 Å². The van der Waals surface area contributed by atoms with E-state index in [1.54, 1.807) is 38.1 Å². The number of ether oxygens (including phenoxy) is 1. The van der Waals surface area contributed by atoms with Gasteiger partial charge in [0.25, 0.3) is 0 Å². The molecule has 33 heavy (non-hydrogen) atoms. The number of hydrogen-bond donors (Lipinski definition) is 2. The van der Waals surface area contributed by atoms with Crippen LogP contribution < -0.4 is 10.1 Å². The molecular weight excluding hydrogens is 433 g/mol. The van der Waals surface area contributed by atoms with Crippen molar-refractivity contribution in [1.82, 2.24) is 0 Å². The number of nitrogens with one attached hydrogen (secondary N) is 1. The molecule has 5 nitrogen and oxygen atoms in total. The van der Waals surface area contributed by atoms with Crippen LogP contribution in [0.5, 0.6) is 5.75 Å². The Balaban J connectivity index is 2.01. The van der Waals surface area contributed by atoms with Crippen molar-refractivity contribution in [2.24, 2.45) is 4.99 Å². The molecule has 1 amide bonds. The number of rotatable bonds is 7. The molecule has 3 rings (SSSR count). The van der Waals surface area contributed by atoms with E-state index < -0.39 is 23.6 Å². The minimum Gasteiger partial charge on any atom is -0.496 e. The molecule has 2 aromatic rings. The van der Waals surface area contributed by atoms with Gasteiger partial charge in [0, 0.05) is 23.0 Å². The van der Waals surface area contributed by atoms with Gasteiger partial charge in [-0.3, -0.25) is 9.79 Å². The fourth-order valence-corrected chi connectivity index (χ4v) is 4.29. The summed E-state index contributed by atoms with van der Waals surface area (Å²) in [6.45, 7) is 7.24. The molecular formula is C25H29F3N2O3. The topological polar surface area (TPSA) is 70.9 Å². The molecule has 0 radical (unpaired) electrons. The number of anilines is 1. The van der Waals surface area contributed by atoms with Crippen LogP contribution in [-0.4, -0.2) is 36.1 Å². The first-order valence-electron chi connectivity index (χ1n) is 10.7. The molecule has 0 saturated heterocycles. The van der Waals surface area contributed by atoms with Crippen LogP contribution >= 0.6 is 0 Å². The third-order valence-corrected chi connectivity index (χ3v) is 5.98. The smallest absolute Gasteiger partial charge is 0.422 e. The van der Waals surface area contributed by atoms with E-state index in [0.29, 0.717) is 28.8 Å². The lowest BCUT2D eigenvalue weighted by molar-refractivity contribution is -0.234. The Morgan fingerprint density at radius 1 is 1.18 bits per heavy atom. The van der Waals surface area contributed by atoms with E-state index in [1.807, 2.05) is 19.9 Å².